The number of hydrogen-bond acceptors (Lipinski definition) is 2. The normalized spacial score (nSPS) is 11.8. The average molecular weight is 178 g/mol. The highest BCUT2D eigenvalue weighted by Gasteiger charge is 2.06. The zero-order valence-electron chi connectivity index (χ0n) is 7.91. The van der Waals surface area contributed by atoms with E-state index in [-0.39, 0.29) is 12.4 Å². The van der Waals surface area contributed by atoms with E-state index in [1.807, 2.05) is 26.0 Å². The molecule has 2 heteroatoms. The third kappa shape index (κ3) is 1.90. The molecule has 0 aromatic heterocycles. The molecule has 0 saturated heterocycles. The van der Waals surface area contributed by atoms with Crippen LogP contribution in [0.5, 0.6) is 5.75 Å². The molecule has 0 spiro atoms. The van der Waals surface area contributed by atoms with Crippen LogP contribution < -0.4 is 0 Å². The summed E-state index contributed by atoms with van der Waals surface area (Å²) in [6, 6.07) is 5.25. The molecular weight excluding hydrogens is 164 g/mol. The van der Waals surface area contributed by atoms with Crippen LogP contribution in [0.3, 0.4) is 0 Å². The average Bonchev–Trinajstić information content (AvgIpc) is 2.16. The molecule has 0 unspecified atom stereocenters. The van der Waals surface area contributed by atoms with Gasteiger partial charge in [-0.1, -0.05) is 18.2 Å². The highest BCUT2D eigenvalue weighted by atomic mass is 16.3. The fourth-order valence-electron chi connectivity index (χ4n) is 1.27. The van der Waals surface area contributed by atoms with Crippen molar-refractivity contribution in [3.63, 3.8) is 0 Å². The van der Waals surface area contributed by atoms with Crippen molar-refractivity contribution < 1.29 is 10.2 Å². The predicted molar refractivity (Wildman–Crippen MR) is 53.4 cm³/mol. The van der Waals surface area contributed by atoms with Gasteiger partial charge in [0.2, 0.25) is 0 Å². The van der Waals surface area contributed by atoms with Crippen molar-refractivity contribution in [1.82, 2.24) is 0 Å². The molecule has 0 heterocycles. The molecule has 0 radical (unpaired) electrons. The van der Waals surface area contributed by atoms with Crippen molar-refractivity contribution in [2.45, 2.75) is 20.5 Å². The van der Waals surface area contributed by atoms with Crippen molar-refractivity contribution in [3.05, 3.63) is 35.4 Å². The molecule has 2 nitrogen and oxygen atoms in total. The number of benzene rings is 1. The molecule has 0 aliphatic heterocycles. The van der Waals surface area contributed by atoms with Gasteiger partial charge < -0.3 is 10.2 Å². The molecule has 0 aliphatic rings. The molecule has 0 atom stereocenters. The smallest absolute Gasteiger partial charge is 0.121 e. The van der Waals surface area contributed by atoms with Crippen LogP contribution in [0.4, 0.5) is 0 Å². The SMILES string of the molecule is C/C=C(\C)c1cccc(O)c1CO. The number of aliphatic hydroxyl groups is 1. The Morgan fingerprint density at radius 2 is 2.15 bits per heavy atom. The predicted octanol–water partition coefficient (Wildman–Crippen LogP) is 2.31. The molecule has 2 N–H and O–H groups in total. The second-order valence-electron chi connectivity index (χ2n) is 2.93. The number of rotatable bonds is 2. The molecular formula is C11H14O2. The second kappa shape index (κ2) is 4.10. The first-order valence-corrected chi connectivity index (χ1v) is 4.25. The van der Waals surface area contributed by atoms with E-state index < -0.39 is 0 Å². The summed E-state index contributed by atoms with van der Waals surface area (Å²) in [5.41, 5.74) is 2.56. The lowest BCUT2D eigenvalue weighted by Gasteiger charge is -2.08. The van der Waals surface area contributed by atoms with Gasteiger partial charge in [-0.2, -0.15) is 0 Å². The summed E-state index contributed by atoms with van der Waals surface area (Å²) >= 11 is 0. The van der Waals surface area contributed by atoms with Crippen molar-refractivity contribution in [2.75, 3.05) is 0 Å². The van der Waals surface area contributed by atoms with Crippen molar-refractivity contribution in [3.8, 4) is 5.75 Å². The number of aliphatic hydroxyl groups excluding tert-OH is 1. The first-order chi connectivity index (χ1) is 6.20. The Hall–Kier alpha value is -1.28. The van der Waals surface area contributed by atoms with Gasteiger partial charge in [-0.3, -0.25) is 0 Å². The Morgan fingerprint density at radius 1 is 1.46 bits per heavy atom. The maximum Gasteiger partial charge on any atom is 0.121 e. The molecule has 1 aromatic carbocycles. The summed E-state index contributed by atoms with van der Waals surface area (Å²) in [4.78, 5) is 0. The van der Waals surface area contributed by atoms with Gasteiger partial charge in [-0.05, 0) is 31.1 Å². The van der Waals surface area contributed by atoms with E-state index in [2.05, 4.69) is 0 Å². The van der Waals surface area contributed by atoms with E-state index in [9.17, 15) is 5.11 Å². The minimum atomic E-state index is -0.132. The van der Waals surface area contributed by atoms with Crippen LogP contribution in [0.1, 0.15) is 25.0 Å². The quantitative estimate of drug-likeness (QED) is 0.729. The second-order valence-corrected chi connectivity index (χ2v) is 2.93. The van der Waals surface area contributed by atoms with Gasteiger partial charge in [0.05, 0.1) is 6.61 Å². The lowest BCUT2D eigenvalue weighted by atomic mass is 10.0. The van der Waals surface area contributed by atoms with E-state index in [0.29, 0.717) is 5.56 Å². The zero-order valence-corrected chi connectivity index (χ0v) is 7.91. The summed E-state index contributed by atoms with van der Waals surface area (Å²) in [5.74, 6) is 0.154. The number of allylic oxidation sites excluding steroid dienone is 2. The van der Waals surface area contributed by atoms with Gasteiger partial charge in [0.1, 0.15) is 5.75 Å². The largest absolute Gasteiger partial charge is 0.508 e. The number of aromatic hydroxyl groups is 1. The summed E-state index contributed by atoms with van der Waals surface area (Å²) in [6.07, 6.45) is 1.95. The maximum atomic E-state index is 9.45. The first-order valence-electron chi connectivity index (χ1n) is 4.25. The Labute approximate surface area is 78.2 Å². The molecule has 1 aromatic rings. The molecule has 1 rings (SSSR count). The monoisotopic (exact) mass is 178 g/mol. The Kier molecular flexibility index (Phi) is 3.09. The van der Waals surface area contributed by atoms with Crippen LogP contribution in [0.15, 0.2) is 24.3 Å². The molecule has 0 amide bonds. The third-order valence-electron chi connectivity index (χ3n) is 2.17. The van der Waals surface area contributed by atoms with E-state index >= 15 is 0 Å². The Morgan fingerprint density at radius 3 is 2.69 bits per heavy atom. The molecule has 13 heavy (non-hydrogen) atoms. The summed E-state index contributed by atoms with van der Waals surface area (Å²) in [5, 5.41) is 18.5. The highest BCUT2D eigenvalue weighted by molar-refractivity contribution is 5.68. The van der Waals surface area contributed by atoms with Crippen LogP contribution in [0.2, 0.25) is 0 Å². The zero-order chi connectivity index (χ0) is 9.84. The van der Waals surface area contributed by atoms with E-state index in [1.165, 1.54) is 0 Å². The number of hydrogen-bond donors (Lipinski definition) is 2. The third-order valence-corrected chi connectivity index (χ3v) is 2.17. The van der Waals surface area contributed by atoms with Gasteiger partial charge >= 0.3 is 0 Å². The van der Waals surface area contributed by atoms with Crippen molar-refractivity contribution >= 4 is 5.57 Å². The minimum absolute atomic E-state index is 0.132. The highest BCUT2D eigenvalue weighted by Crippen LogP contribution is 2.26. The van der Waals surface area contributed by atoms with Crippen LogP contribution in [0.25, 0.3) is 5.57 Å². The molecule has 70 valence electrons. The van der Waals surface area contributed by atoms with Gasteiger partial charge in [0.25, 0.3) is 0 Å². The van der Waals surface area contributed by atoms with E-state index in [0.717, 1.165) is 11.1 Å². The standard InChI is InChI=1S/C11H14O2/c1-3-8(2)9-5-4-6-11(13)10(9)7-12/h3-6,12-13H,7H2,1-2H3/b8-3+. The fraction of sp³-hybridized carbons (Fsp3) is 0.273. The van der Waals surface area contributed by atoms with Gasteiger partial charge in [-0.15, -0.1) is 0 Å². The molecule has 0 fully saturated rings. The summed E-state index contributed by atoms with van der Waals surface area (Å²) in [7, 11) is 0. The van der Waals surface area contributed by atoms with Crippen LogP contribution in [-0.2, 0) is 6.61 Å². The van der Waals surface area contributed by atoms with Gasteiger partial charge in [0.15, 0.2) is 0 Å². The first kappa shape index (κ1) is 9.81. The lowest BCUT2D eigenvalue weighted by Crippen LogP contribution is -1.91. The van der Waals surface area contributed by atoms with Crippen LogP contribution in [0, 0.1) is 0 Å². The van der Waals surface area contributed by atoms with Crippen molar-refractivity contribution in [1.29, 1.82) is 0 Å². The molecule has 0 saturated carbocycles. The fourth-order valence-corrected chi connectivity index (χ4v) is 1.27. The molecule has 0 bridgehead atoms. The maximum absolute atomic E-state index is 9.45. The topological polar surface area (TPSA) is 40.5 Å². The van der Waals surface area contributed by atoms with Crippen LogP contribution in [-0.4, -0.2) is 10.2 Å². The Bertz CT molecular complexity index is 327. The van der Waals surface area contributed by atoms with Crippen LogP contribution >= 0.6 is 0 Å². The summed E-state index contributed by atoms with van der Waals surface area (Å²) in [6.45, 7) is 3.75. The summed E-state index contributed by atoms with van der Waals surface area (Å²) < 4.78 is 0. The van der Waals surface area contributed by atoms with E-state index in [1.54, 1.807) is 12.1 Å². The van der Waals surface area contributed by atoms with Gasteiger partial charge in [0, 0.05) is 5.56 Å². The number of phenols is 1. The van der Waals surface area contributed by atoms with E-state index in [4.69, 9.17) is 5.11 Å². The van der Waals surface area contributed by atoms with Crippen molar-refractivity contribution in [2.24, 2.45) is 0 Å². The Balaban J connectivity index is 3.28. The van der Waals surface area contributed by atoms with Gasteiger partial charge in [-0.25, -0.2) is 0 Å². The minimum Gasteiger partial charge on any atom is -0.508 e. The molecule has 0 aliphatic carbocycles. The lowest BCUT2D eigenvalue weighted by molar-refractivity contribution is 0.275.